The van der Waals surface area contributed by atoms with Crippen molar-refractivity contribution in [2.45, 2.75) is 63.6 Å². The van der Waals surface area contributed by atoms with Crippen molar-refractivity contribution in [3.63, 3.8) is 0 Å². The lowest BCUT2D eigenvalue weighted by molar-refractivity contribution is -0.141. The van der Waals surface area contributed by atoms with Crippen LogP contribution in [0.2, 0.25) is 0 Å². The summed E-state index contributed by atoms with van der Waals surface area (Å²) in [6.45, 7) is 2.51. The van der Waals surface area contributed by atoms with Gasteiger partial charge in [-0.05, 0) is 56.6 Å². The zero-order valence-electron chi connectivity index (χ0n) is 20.8. The van der Waals surface area contributed by atoms with Gasteiger partial charge in [0.25, 0.3) is 0 Å². The van der Waals surface area contributed by atoms with Crippen molar-refractivity contribution in [3.8, 4) is 5.75 Å². The van der Waals surface area contributed by atoms with Gasteiger partial charge in [-0.2, -0.15) is 0 Å². The van der Waals surface area contributed by atoms with Gasteiger partial charge in [-0.15, -0.1) is 0 Å². The molecule has 1 aromatic rings. The van der Waals surface area contributed by atoms with E-state index in [4.69, 9.17) is 10.5 Å². The number of amides is 4. The van der Waals surface area contributed by atoms with Gasteiger partial charge in [0.05, 0.1) is 6.04 Å². The van der Waals surface area contributed by atoms with E-state index in [1.807, 2.05) is 0 Å². The molecule has 1 aliphatic carbocycles. The largest absolute Gasteiger partial charge is 0.492 e. The van der Waals surface area contributed by atoms with Gasteiger partial charge < -0.3 is 31.3 Å². The minimum Gasteiger partial charge on any atom is -0.492 e. The van der Waals surface area contributed by atoms with Gasteiger partial charge >= 0.3 is 0 Å². The number of hydrogen-bond donors (Lipinski definition) is 4. The summed E-state index contributed by atoms with van der Waals surface area (Å²) >= 11 is 0. The number of rotatable bonds is 4. The fourth-order valence-electron chi connectivity index (χ4n) is 4.18. The van der Waals surface area contributed by atoms with Gasteiger partial charge in [-0.3, -0.25) is 19.2 Å². The lowest BCUT2D eigenvalue weighted by Gasteiger charge is -2.30. The second kappa shape index (κ2) is 12.7. The highest BCUT2D eigenvalue weighted by Crippen LogP contribution is 2.33. The Morgan fingerprint density at radius 3 is 2.64 bits per heavy atom. The van der Waals surface area contributed by atoms with E-state index in [1.54, 1.807) is 20.0 Å². The molecule has 0 unspecified atom stereocenters. The van der Waals surface area contributed by atoms with Gasteiger partial charge in [0, 0.05) is 32.6 Å². The van der Waals surface area contributed by atoms with Crippen molar-refractivity contribution in [1.82, 2.24) is 20.9 Å². The third-order valence-electron chi connectivity index (χ3n) is 6.66. The predicted molar refractivity (Wildman–Crippen MR) is 130 cm³/mol. The highest BCUT2D eigenvalue weighted by molar-refractivity contribution is 5.93. The molecule has 1 saturated carbocycles. The maximum absolute atomic E-state index is 13.8. The van der Waals surface area contributed by atoms with Crippen molar-refractivity contribution >= 4 is 23.6 Å². The fourth-order valence-corrected chi connectivity index (χ4v) is 4.18. The topological polar surface area (TPSA) is 143 Å². The molecule has 0 spiro atoms. The zero-order chi connectivity index (χ0) is 26.2. The normalized spacial score (nSPS) is 25.0. The number of ether oxygens (including phenoxy) is 1. The Morgan fingerprint density at radius 1 is 1.19 bits per heavy atom. The average molecular weight is 506 g/mol. The predicted octanol–water partition coefficient (Wildman–Crippen LogP) is 0.232. The average Bonchev–Trinajstić information content (AvgIpc) is 3.68. The summed E-state index contributed by atoms with van der Waals surface area (Å²) in [4.78, 5) is 51.7. The number of nitrogens with zero attached hydrogens (tertiary/aromatic N) is 1. The second-order valence-electron chi connectivity index (χ2n) is 9.46. The van der Waals surface area contributed by atoms with Crippen LogP contribution >= 0.6 is 0 Å². The Balaban J connectivity index is 1.80. The number of primary amides is 1. The number of benzene rings is 1. The van der Waals surface area contributed by atoms with Crippen LogP contribution < -0.4 is 26.4 Å². The summed E-state index contributed by atoms with van der Waals surface area (Å²) in [5.41, 5.74) is 6.05. The third-order valence-corrected chi connectivity index (χ3v) is 6.66. The maximum atomic E-state index is 13.8. The summed E-state index contributed by atoms with van der Waals surface area (Å²) < 4.78 is 19.7. The highest BCUT2D eigenvalue weighted by atomic mass is 19.1. The first kappa shape index (κ1) is 27.4. The number of likely N-dealkylation sites (N-methyl/N-ethyl adjacent to an activating group) is 1. The van der Waals surface area contributed by atoms with E-state index in [0.717, 1.165) is 18.4 Å². The standard InChI is InChI=1S/C25H36FN5O5/c1-15-23(33)30-19(9-10-21(27)32)24(34)29-11-3-4-16-7-8-18(26)14-20(16)36-13-12-28-22(17-5-6-17)25(35)31(15)2/h7-8,14-15,17,19,22,28H,3-6,9-13H2,1-2H3,(H2,27,32)(H,29,34)(H,30,33)/t15-,19-,22+/m1/s1. The molecular formula is C25H36FN5O5. The lowest BCUT2D eigenvalue weighted by atomic mass is 10.1. The van der Waals surface area contributed by atoms with Crippen molar-refractivity contribution in [2.24, 2.45) is 11.7 Å². The molecule has 11 heteroatoms. The van der Waals surface area contributed by atoms with E-state index in [2.05, 4.69) is 16.0 Å². The van der Waals surface area contributed by atoms with Crippen LogP contribution in [0.25, 0.3) is 0 Å². The van der Waals surface area contributed by atoms with E-state index >= 15 is 0 Å². The molecule has 3 atom stereocenters. The molecule has 1 aromatic carbocycles. The summed E-state index contributed by atoms with van der Waals surface area (Å²) in [5.74, 6) is -1.57. The number of aryl methyl sites for hydroxylation is 1. The van der Waals surface area contributed by atoms with Crippen molar-refractivity contribution in [3.05, 3.63) is 29.6 Å². The summed E-state index contributed by atoms with van der Waals surface area (Å²) in [5, 5.41) is 8.69. The van der Waals surface area contributed by atoms with E-state index in [1.165, 1.54) is 17.0 Å². The first-order chi connectivity index (χ1) is 17.2. The molecule has 10 nitrogen and oxygen atoms in total. The molecule has 36 heavy (non-hydrogen) atoms. The van der Waals surface area contributed by atoms with Crippen LogP contribution in [0.15, 0.2) is 18.2 Å². The van der Waals surface area contributed by atoms with E-state index in [0.29, 0.717) is 31.7 Å². The fraction of sp³-hybridized carbons (Fsp3) is 0.600. The number of fused-ring (bicyclic) bond motifs is 1. The monoisotopic (exact) mass is 505 g/mol. The van der Waals surface area contributed by atoms with Gasteiger partial charge in [0.15, 0.2) is 0 Å². The smallest absolute Gasteiger partial charge is 0.243 e. The van der Waals surface area contributed by atoms with Gasteiger partial charge in [0.2, 0.25) is 23.6 Å². The Morgan fingerprint density at radius 2 is 1.94 bits per heavy atom. The molecule has 0 saturated heterocycles. The Labute approximate surface area is 210 Å². The van der Waals surface area contributed by atoms with E-state index in [9.17, 15) is 23.6 Å². The number of nitrogens with one attached hydrogen (secondary N) is 3. The molecule has 3 rings (SSSR count). The molecule has 0 bridgehead atoms. The lowest BCUT2D eigenvalue weighted by Crippen LogP contribution is -2.56. The van der Waals surface area contributed by atoms with Crippen molar-refractivity contribution in [1.29, 1.82) is 0 Å². The molecule has 0 aromatic heterocycles. The van der Waals surface area contributed by atoms with Crippen LogP contribution in [-0.4, -0.2) is 73.4 Å². The minimum atomic E-state index is -0.975. The van der Waals surface area contributed by atoms with Gasteiger partial charge in [-0.1, -0.05) is 6.07 Å². The summed E-state index contributed by atoms with van der Waals surface area (Å²) in [6, 6.07) is 2.06. The van der Waals surface area contributed by atoms with E-state index in [-0.39, 0.29) is 31.3 Å². The van der Waals surface area contributed by atoms with E-state index < -0.39 is 41.7 Å². The maximum Gasteiger partial charge on any atom is 0.243 e. The Hall–Kier alpha value is -3.21. The molecule has 5 N–H and O–H groups in total. The van der Waals surface area contributed by atoms with Crippen LogP contribution in [0.4, 0.5) is 4.39 Å². The molecule has 4 amide bonds. The van der Waals surface area contributed by atoms with Crippen LogP contribution in [0.5, 0.6) is 5.75 Å². The van der Waals surface area contributed by atoms with Crippen molar-refractivity contribution in [2.75, 3.05) is 26.7 Å². The minimum absolute atomic E-state index is 0.0412. The second-order valence-corrected chi connectivity index (χ2v) is 9.46. The Kier molecular flexibility index (Phi) is 9.63. The zero-order valence-corrected chi connectivity index (χ0v) is 20.8. The number of carbonyl (C=O) groups is 4. The molecule has 1 fully saturated rings. The number of hydrogen-bond acceptors (Lipinski definition) is 6. The molecule has 2 aliphatic rings. The van der Waals surface area contributed by atoms with Crippen molar-refractivity contribution < 1.29 is 28.3 Å². The molecular weight excluding hydrogens is 469 g/mol. The third kappa shape index (κ3) is 7.64. The first-order valence-electron chi connectivity index (χ1n) is 12.4. The SMILES string of the molecule is C[C@@H]1C(=O)N[C@H](CCC(N)=O)C(=O)NCCCc2ccc(F)cc2OCCN[C@@H](C2CC2)C(=O)N1C. The first-order valence-corrected chi connectivity index (χ1v) is 12.4. The summed E-state index contributed by atoms with van der Waals surface area (Å²) in [7, 11) is 1.55. The van der Waals surface area contributed by atoms with Crippen LogP contribution in [0, 0.1) is 11.7 Å². The molecule has 198 valence electrons. The van der Waals surface area contributed by atoms with Crippen LogP contribution in [0.3, 0.4) is 0 Å². The molecule has 1 aliphatic heterocycles. The molecule has 1 heterocycles. The number of nitrogens with two attached hydrogens (primary N) is 1. The van der Waals surface area contributed by atoms with Gasteiger partial charge in [0.1, 0.15) is 30.3 Å². The quantitative estimate of drug-likeness (QED) is 0.462. The molecule has 0 radical (unpaired) electrons. The Bertz CT molecular complexity index is 970. The van der Waals surface area contributed by atoms with Gasteiger partial charge in [-0.25, -0.2) is 4.39 Å². The highest BCUT2D eigenvalue weighted by Gasteiger charge is 2.39. The number of carbonyl (C=O) groups excluding carboxylic acids is 4. The van der Waals surface area contributed by atoms with Crippen LogP contribution in [-0.2, 0) is 25.6 Å². The number of halogens is 1. The van der Waals surface area contributed by atoms with Crippen LogP contribution in [0.1, 0.15) is 44.6 Å². The summed E-state index contributed by atoms with van der Waals surface area (Å²) in [6.07, 6.45) is 2.86.